The number of carbonyl (C=O) groups excluding carboxylic acids is 1. The molecule has 82 valence electrons. The van der Waals surface area contributed by atoms with Gasteiger partial charge in [-0.1, -0.05) is 13.8 Å². The van der Waals surface area contributed by atoms with E-state index in [0.29, 0.717) is 16.9 Å². The zero-order valence-electron chi connectivity index (χ0n) is 9.08. The standard InChI is InChI=1S/C10H19NO2S/c1-7(2)14-6-10(11,8-4-5-8)9(12)13-3/h7-8H,4-6,11H2,1-3H3. The van der Waals surface area contributed by atoms with Crippen molar-refractivity contribution in [2.24, 2.45) is 11.7 Å². The summed E-state index contributed by atoms with van der Waals surface area (Å²) in [6.07, 6.45) is 2.12. The third kappa shape index (κ3) is 2.64. The third-order valence-corrected chi connectivity index (χ3v) is 3.84. The molecule has 0 spiro atoms. The van der Waals surface area contributed by atoms with E-state index in [1.807, 2.05) is 0 Å². The van der Waals surface area contributed by atoms with Crippen LogP contribution in [0.4, 0.5) is 0 Å². The Morgan fingerprint density at radius 3 is 2.57 bits per heavy atom. The van der Waals surface area contributed by atoms with Gasteiger partial charge in [0.05, 0.1) is 7.11 Å². The van der Waals surface area contributed by atoms with Crippen LogP contribution in [-0.4, -0.2) is 29.6 Å². The van der Waals surface area contributed by atoms with Gasteiger partial charge >= 0.3 is 5.97 Å². The summed E-state index contributed by atoms with van der Waals surface area (Å²) in [5.74, 6) is 0.747. The molecule has 1 saturated carbocycles. The number of hydrogen-bond donors (Lipinski definition) is 1. The van der Waals surface area contributed by atoms with Gasteiger partial charge in [0.1, 0.15) is 5.54 Å². The maximum Gasteiger partial charge on any atom is 0.326 e. The molecule has 1 aliphatic carbocycles. The molecule has 0 saturated heterocycles. The Morgan fingerprint density at radius 1 is 1.64 bits per heavy atom. The van der Waals surface area contributed by atoms with Crippen LogP contribution in [0.25, 0.3) is 0 Å². The number of esters is 1. The minimum absolute atomic E-state index is 0.256. The highest BCUT2D eigenvalue weighted by Gasteiger charge is 2.48. The van der Waals surface area contributed by atoms with E-state index >= 15 is 0 Å². The molecule has 1 fully saturated rings. The molecule has 0 aromatic carbocycles. The van der Waals surface area contributed by atoms with Gasteiger partial charge in [0.15, 0.2) is 0 Å². The summed E-state index contributed by atoms with van der Waals surface area (Å²) in [7, 11) is 1.41. The van der Waals surface area contributed by atoms with Crippen LogP contribution in [-0.2, 0) is 9.53 Å². The van der Waals surface area contributed by atoms with E-state index in [4.69, 9.17) is 10.5 Å². The Morgan fingerprint density at radius 2 is 2.21 bits per heavy atom. The van der Waals surface area contributed by atoms with Crippen LogP contribution < -0.4 is 5.73 Å². The number of ether oxygens (including phenoxy) is 1. The second kappa shape index (κ2) is 4.53. The first-order valence-electron chi connectivity index (χ1n) is 4.99. The maximum absolute atomic E-state index is 11.6. The van der Waals surface area contributed by atoms with Gasteiger partial charge in [-0.25, -0.2) is 0 Å². The molecule has 0 heterocycles. The molecule has 14 heavy (non-hydrogen) atoms. The highest BCUT2D eigenvalue weighted by Crippen LogP contribution is 2.41. The zero-order chi connectivity index (χ0) is 10.8. The second-order valence-electron chi connectivity index (χ2n) is 4.17. The fraction of sp³-hybridized carbons (Fsp3) is 0.900. The maximum atomic E-state index is 11.6. The Labute approximate surface area is 89.8 Å². The zero-order valence-corrected chi connectivity index (χ0v) is 9.89. The average molecular weight is 217 g/mol. The SMILES string of the molecule is COC(=O)C(N)(CSC(C)C)C1CC1. The average Bonchev–Trinajstić information content (AvgIpc) is 2.96. The van der Waals surface area contributed by atoms with Crippen molar-refractivity contribution in [3.05, 3.63) is 0 Å². The highest BCUT2D eigenvalue weighted by molar-refractivity contribution is 7.99. The Kier molecular flexibility index (Phi) is 3.84. The third-order valence-electron chi connectivity index (χ3n) is 2.53. The lowest BCUT2D eigenvalue weighted by Crippen LogP contribution is -2.53. The van der Waals surface area contributed by atoms with Crippen LogP contribution in [0.1, 0.15) is 26.7 Å². The van der Waals surface area contributed by atoms with Gasteiger partial charge in [-0.2, -0.15) is 11.8 Å². The number of nitrogens with two attached hydrogens (primary N) is 1. The quantitative estimate of drug-likeness (QED) is 0.707. The first-order valence-corrected chi connectivity index (χ1v) is 6.04. The number of rotatable bonds is 5. The summed E-state index contributed by atoms with van der Waals surface area (Å²) in [4.78, 5) is 11.6. The summed E-state index contributed by atoms with van der Waals surface area (Å²) in [5, 5.41) is 0.501. The summed E-state index contributed by atoms with van der Waals surface area (Å²) in [5.41, 5.74) is 5.36. The fourth-order valence-corrected chi connectivity index (χ4v) is 2.40. The topological polar surface area (TPSA) is 52.3 Å². The smallest absolute Gasteiger partial charge is 0.326 e. The van der Waals surface area contributed by atoms with Crippen molar-refractivity contribution in [2.45, 2.75) is 37.5 Å². The summed E-state index contributed by atoms with van der Waals surface area (Å²) < 4.78 is 4.77. The molecule has 2 N–H and O–H groups in total. The van der Waals surface area contributed by atoms with E-state index in [1.54, 1.807) is 11.8 Å². The van der Waals surface area contributed by atoms with Crippen LogP contribution in [0.3, 0.4) is 0 Å². The molecule has 0 radical (unpaired) electrons. The summed E-state index contributed by atoms with van der Waals surface area (Å²) in [6.45, 7) is 4.21. The van der Waals surface area contributed by atoms with E-state index in [-0.39, 0.29) is 5.97 Å². The number of methoxy groups -OCH3 is 1. The van der Waals surface area contributed by atoms with Crippen molar-refractivity contribution < 1.29 is 9.53 Å². The van der Waals surface area contributed by atoms with Crippen molar-refractivity contribution >= 4 is 17.7 Å². The first kappa shape index (κ1) is 11.9. The largest absolute Gasteiger partial charge is 0.468 e. The lowest BCUT2D eigenvalue weighted by Gasteiger charge is -2.26. The number of carbonyl (C=O) groups is 1. The van der Waals surface area contributed by atoms with E-state index in [1.165, 1.54) is 7.11 Å². The van der Waals surface area contributed by atoms with Gasteiger partial charge in [-0.15, -0.1) is 0 Å². The Bertz CT molecular complexity index is 216. The first-order chi connectivity index (χ1) is 6.50. The fourth-order valence-electron chi connectivity index (χ4n) is 1.44. The predicted molar refractivity (Wildman–Crippen MR) is 59.3 cm³/mol. The number of thioether (sulfide) groups is 1. The predicted octanol–water partition coefficient (Wildman–Crippen LogP) is 1.41. The van der Waals surface area contributed by atoms with E-state index < -0.39 is 5.54 Å². The van der Waals surface area contributed by atoms with Crippen LogP contribution in [0, 0.1) is 5.92 Å². The van der Waals surface area contributed by atoms with Gasteiger partial charge in [0, 0.05) is 5.75 Å². The van der Waals surface area contributed by atoms with Crippen molar-refractivity contribution in [1.82, 2.24) is 0 Å². The second-order valence-corrected chi connectivity index (χ2v) is 5.73. The molecule has 1 rings (SSSR count). The molecule has 1 aliphatic rings. The van der Waals surface area contributed by atoms with Gasteiger partial charge in [0.2, 0.25) is 0 Å². The molecule has 0 aliphatic heterocycles. The normalized spacial score (nSPS) is 20.6. The minimum Gasteiger partial charge on any atom is -0.468 e. The highest BCUT2D eigenvalue weighted by atomic mass is 32.2. The van der Waals surface area contributed by atoms with Gasteiger partial charge in [-0.05, 0) is 24.0 Å². The molecule has 4 heteroatoms. The van der Waals surface area contributed by atoms with Gasteiger partial charge in [-0.3, -0.25) is 4.79 Å². The molecule has 3 nitrogen and oxygen atoms in total. The summed E-state index contributed by atoms with van der Waals surface area (Å²) >= 11 is 1.72. The van der Waals surface area contributed by atoms with Crippen molar-refractivity contribution in [3.63, 3.8) is 0 Å². The van der Waals surface area contributed by atoms with Crippen molar-refractivity contribution in [1.29, 1.82) is 0 Å². The van der Waals surface area contributed by atoms with E-state index in [2.05, 4.69) is 13.8 Å². The molecule has 0 amide bonds. The van der Waals surface area contributed by atoms with Crippen LogP contribution in [0.15, 0.2) is 0 Å². The monoisotopic (exact) mass is 217 g/mol. The molecular weight excluding hydrogens is 198 g/mol. The van der Waals surface area contributed by atoms with E-state index in [0.717, 1.165) is 12.8 Å². The lowest BCUT2D eigenvalue weighted by atomic mass is 9.97. The number of hydrogen-bond acceptors (Lipinski definition) is 4. The van der Waals surface area contributed by atoms with Gasteiger partial charge in [0.25, 0.3) is 0 Å². The van der Waals surface area contributed by atoms with Crippen LogP contribution in [0.2, 0.25) is 0 Å². The molecule has 0 aromatic heterocycles. The lowest BCUT2D eigenvalue weighted by molar-refractivity contribution is -0.146. The Hall–Kier alpha value is -0.220. The summed E-state index contributed by atoms with van der Waals surface area (Å²) in [6, 6.07) is 0. The van der Waals surface area contributed by atoms with Gasteiger partial charge < -0.3 is 10.5 Å². The Balaban J connectivity index is 2.57. The molecule has 1 unspecified atom stereocenters. The molecular formula is C10H19NO2S. The molecule has 0 bridgehead atoms. The molecule has 0 aromatic rings. The van der Waals surface area contributed by atoms with Crippen molar-refractivity contribution in [3.8, 4) is 0 Å². The minimum atomic E-state index is -0.746. The van der Waals surface area contributed by atoms with E-state index in [9.17, 15) is 4.79 Å². The van der Waals surface area contributed by atoms with Crippen LogP contribution in [0.5, 0.6) is 0 Å². The van der Waals surface area contributed by atoms with Crippen LogP contribution >= 0.6 is 11.8 Å². The molecule has 1 atom stereocenters. The van der Waals surface area contributed by atoms with Crippen molar-refractivity contribution in [2.75, 3.05) is 12.9 Å².